The van der Waals surface area contributed by atoms with Gasteiger partial charge in [-0.1, -0.05) is 29.8 Å². The molecule has 2 nitrogen and oxygen atoms in total. The molecule has 2 rings (SSSR count). The quantitative estimate of drug-likeness (QED) is 0.832. The lowest BCUT2D eigenvalue weighted by atomic mass is 10.1. The molecule has 0 aliphatic heterocycles. The molecule has 0 bridgehead atoms. The summed E-state index contributed by atoms with van der Waals surface area (Å²) in [5.74, 6) is 1.62. The van der Waals surface area contributed by atoms with Gasteiger partial charge in [-0.05, 0) is 43.5 Å². The van der Waals surface area contributed by atoms with Crippen molar-refractivity contribution in [1.82, 2.24) is 0 Å². The molecule has 2 N–H and O–H groups in total. The van der Waals surface area contributed by atoms with E-state index in [2.05, 4.69) is 0 Å². The van der Waals surface area contributed by atoms with Gasteiger partial charge in [0.2, 0.25) is 0 Å². The lowest BCUT2D eigenvalue weighted by molar-refractivity contribution is 0.465. The second kappa shape index (κ2) is 6.85. The second-order valence-corrected chi connectivity index (χ2v) is 5.26. The van der Waals surface area contributed by atoms with Crippen LogP contribution in [0.4, 0.5) is 0 Å². The fraction of sp³-hybridized carbons (Fsp3) is 0.200. The van der Waals surface area contributed by atoms with E-state index in [4.69, 9.17) is 22.1 Å². The first-order valence-electron chi connectivity index (χ1n) is 6.04. The van der Waals surface area contributed by atoms with Crippen LogP contribution in [0.25, 0.3) is 0 Å². The third-order valence-electron chi connectivity index (χ3n) is 2.76. The number of para-hydroxylation sites is 1. The molecule has 4 heteroatoms. The van der Waals surface area contributed by atoms with Crippen LogP contribution in [0.2, 0.25) is 5.02 Å². The summed E-state index contributed by atoms with van der Waals surface area (Å²) in [5.41, 5.74) is 6.59. The Bertz CT molecular complexity index is 560. The van der Waals surface area contributed by atoms with Gasteiger partial charge < -0.3 is 10.5 Å². The van der Waals surface area contributed by atoms with Crippen molar-refractivity contribution in [2.45, 2.75) is 11.3 Å². The van der Waals surface area contributed by atoms with Gasteiger partial charge in [-0.3, -0.25) is 0 Å². The fourth-order valence-corrected chi connectivity index (χ4v) is 2.63. The maximum Gasteiger partial charge on any atom is 0.140 e. The molecule has 100 valence electrons. The van der Waals surface area contributed by atoms with E-state index in [0.717, 1.165) is 22.0 Å². The predicted molar refractivity (Wildman–Crippen MR) is 82.5 cm³/mol. The number of hydrogen-bond acceptors (Lipinski definition) is 3. The van der Waals surface area contributed by atoms with E-state index in [1.165, 1.54) is 0 Å². The van der Waals surface area contributed by atoms with E-state index in [-0.39, 0.29) is 0 Å². The summed E-state index contributed by atoms with van der Waals surface area (Å²) in [4.78, 5) is 1.10. The predicted octanol–water partition coefficient (Wildman–Crippen LogP) is 4.36. The van der Waals surface area contributed by atoms with E-state index in [1.54, 1.807) is 11.8 Å². The molecule has 0 aromatic heterocycles. The van der Waals surface area contributed by atoms with Crippen LogP contribution in [0.15, 0.2) is 47.4 Å². The van der Waals surface area contributed by atoms with Crippen molar-refractivity contribution in [2.24, 2.45) is 5.73 Å². The standard InChI is InChI=1S/C15H16ClNOS/c1-19-15-8-3-2-6-14(15)18-13-7-4-5-12(16)11(13)9-10-17/h2-8H,9-10,17H2,1H3. The number of hydrogen-bond donors (Lipinski definition) is 1. The molecule has 2 aromatic rings. The van der Waals surface area contributed by atoms with E-state index >= 15 is 0 Å². The summed E-state index contributed by atoms with van der Waals surface area (Å²) in [6, 6.07) is 13.6. The number of thioether (sulfide) groups is 1. The van der Waals surface area contributed by atoms with Gasteiger partial charge in [0.15, 0.2) is 0 Å². The van der Waals surface area contributed by atoms with E-state index in [1.807, 2.05) is 48.7 Å². The molecule has 0 amide bonds. The van der Waals surface area contributed by atoms with Crippen LogP contribution < -0.4 is 10.5 Å². The van der Waals surface area contributed by atoms with E-state index < -0.39 is 0 Å². The molecule has 0 fully saturated rings. The number of halogens is 1. The van der Waals surface area contributed by atoms with Crippen LogP contribution in [-0.4, -0.2) is 12.8 Å². The molecular formula is C15H16ClNOS. The molecule has 0 aliphatic rings. The van der Waals surface area contributed by atoms with Crippen molar-refractivity contribution < 1.29 is 4.74 Å². The molecule has 2 aromatic carbocycles. The third-order valence-corrected chi connectivity index (χ3v) is 3.89. The number of benzene rings is 2. The topological polar surface area (TPSA) is 35.2 Å². The highest BCUT2D eigenvalue weighted by molar-refractivity contribution is 7.98. The van der Waals surface area contributed by atoms with Gasteiger partial charge >= 0.3 is 0 Å². The van der Waals surface area contributed by atoms with Crippen LogP contribution >= 0.6 is 23.4 Å². The summed E-state index contributed by atoms with van der Waals surface area (Å²) in [5, 5.41) is 0.699. The van der Waals surface area contributed by atoms with Crippen molar-refractivity contribution in [3.8, 4) is 11.5 Å². The first-order chi connectivity index (χ1) is 9.26. The molecule has 0 saturated carbocycles. The maximum atomic E-state index is 6.21. The Morgan fingerprint density at radius 1 is 1.11 bits per heavy atom. The highest BCUT2D eigenvalue weighted by Gasteiger charge is 2.10. The second-order valence-electron chi connectivity index (χ2n) is 4.01. The Morgan fingerprint density at radius 2 is 1.84 bits per heavy atom. The van der Waals surface area contributed by atoms with Crippen molar-refractivity contribution in [3.05, 3.63) is 53.1 Å². The Labute approximate surface area is 122 Å². The molecule has 0 aliphatic carbocycles. The number of nitrogens with two attached hydrogens (primary N) is 1. The first kappa shape index (κ1) is 14.3. The highest BCUT2D eigenvalue weighted by Crippen LogP contribution is 2.35. The number of ether oxygens (including phenoxy) is 1. The average Bonchev–Trinajstić information content (AvgIpc) is 2.43. The first-order valence-corrected chi connectivity index (χ1v) is 7.65. The van der Waals surface area contributed by atoms with Gasteiger partial charge in [0, 0.05) is 15.5 Å². The average molecular weight is 294 g/mol. The molecule has 0 spiro atoms. The van der Waals surface area contributed by atoms with Crippen molar-refractivity contribution in [2.75, 3.05) is 12.8 Å². The Morgan fingerprint density at radius 3 is 2.58 bits per heavy atom. The molecule has 0 saturated heterocycles. The Kier molecular flexibility index (Phi) is 5.14. The zero-order chi connectivity index (χ0) is 13.7. The number of rotatable bonds is 5. The molecule has 0 unspecified atom stereocenters. The van der Waals surface area contributed by atoms with E-state index in [0.29, 0.717) is 18.0 Å². The SMILES string of the molecule is CSc1ccccc1Oc1cccc(Cl)c1CCN. The van der Waals surface area contributed by atoms with Crippen LogP contribution in [0.3, 0.4) is 0 Å². The minimum absolute atomic E-state index is 0.546. The highest BCUT2D eigenvalue weighted by atomic mass is 35.5. The summed E-state index contributed by atoms with van der Waals surface area (Å²) >= 11 is 7.86. The third kappa shape index (κ3) is 3.44. The Balaban J connectivity index is 2.35. The maximum absolute atomic E-state index is 6.21. The fourth-order valence-electron chi connectivity index (χ4n) is 1.84. The van der Waals surface area contributed by atoms with Gasteiger partial charge in [0.25, 0.3) is 0 Å². The van der Waals surface area contributed by atoms with Gasteiger partial charge in [-0.2, -0.15) is 0 Å². The summed E-state index contributed by atoms with van der Waals surface area (Å²) in [7, 11) is 0. The minimum Gasteiger partial charge on any atom is -0.456 e. The molecule has 0 atom stereocenters. The van der Waals surface area contributed by atoms with Crippen LogP contribution in [0.5, 0.6) is 11.5 Å². The van der Waals surface area contributed by atoms with Crippen molar-refractivity contribution >= 4 is 23.4 Å². The zero-order valence-electron chi connectivity index (χ0n) is 10.7. The normalized spacial score (nSPS) is 10.5. The van der Waals surface area contributed by atoms with Crippen LogP contribution in [-0.2, 0) is 6.42 Å². The van der Waals surface area contributed by atoms with Crippen LogP contribution in [0.1, 0.15) is 5.56 Å². The molecule has 0 radical (unpaired) electrons. The zero-order valence-corrected chi connectivity index (χ0v) is 12.3. The largest absolute Gasteiger partial charge is 0.456 e. The monoisotopic (exact) mass is 293 g/mol. The lowest BCUT2D eigenvalue weighted by Gasteiger charge is -2.14. The van der Waals surface area contributed by atoms with Gasteiger partial charge in [0.1, 0.15) is 11.5 Å². The summed E-state index contributed by atoms with van der Waals surface area (Å²) < 4.78 is 6.00. The smallest absolute Gasteiger partial charge is 0.140 e. The van der Waals surface area contributed by atoms with Crippen molar-refractivity contribution in [3.63, 3.8) is 0 Å². The summed E-state index contributed by atoms with van der Waals surface area (Å²) in [6.45, 7) is 0.546. The van der Waals surface area contributed by atoms with Crippen LogP contribution in [0, 0.1) is 0 Å². The van der Waals surface area contributed by atoms with Gasteiger partial charge in [0.05, 0.1) is 0 Å². The molecule has 19 heavy (non-hydrogen) atoms. The van der Waals surface area contributed by atoms with E-state index in [9.17, 15) is 0 Å². The van der Waals surface area contributed by atoms with Crippen molar-refractivity contribution in [1.29, 1.82) is 0 Å². The summed E-state index contributed by atoms with van der Waals surface area (Å²) in [6.07, 6.45) is 2.73. The Hall–Kier alpha value is -1.16. The molecule has 0 heterocycles. The minimum atomic E-state index is 0.546. The molecular weight excluding hydrogens is 278 g/mol. The van der Waals surface area contributed by atoms with Gasteiger partial charge in [-0.15, -0.1) is 11.8 Å². The van der Waals surface area contributed by atoms with Gasteiger partial charge in [-0.25, -0.2) is 0 Å². The lowest BCUT2D eigenvalue weighted by Crippen LogP contribution is -2.04.